The molecular weight excluding hydrogens is 266 g/mol. The van der Waals surface area contributed by atoms with Crippen LogP contribution in [0, 0.1) is 33.3 Å². The van der Waals surface area contributed by atoms with Gasteiger partial charge in [-0.05, 0) is 30.7 Å². The third-order valence-electron chi connectivity index (χ3n) is 4.35. The lowest BCUT2D eigenvalue weighted by Crippen LogP contribution is -2.29. The zero-order chi connectivity index (χ0) is 15.4. The first-order chi connectivity index (χ1) is 10.0. The van der Waals surface area contributed by atoms with Crippen molar-refractivity contribution in [3.63, 3.8) is 0 Å². The van der Waals surface area contributed by atoms with E-state index in [2.05, 4.69) is 19.2 Å². The highest BCUT2D eigenvalue weighted by Crippen LogP contribution is 2.32. The molecule has 2 unspecified atom stereocenters. The molecule has 21 heavy (non-hydrogen) atoms. The van der Waals surface area contributed by atoms with Gasteiger partial charge in [-0.15, -0.1) is 0 Å². The number of nitrogens with one attached hydrogen (secondary N) is 1. The second-order valence-corrected chi connectivity index (χ2v) is 6.11. The number of nitro benzene ring substituents is 1. The van der Waals surface area contributed by atoms with Gasteiger partial charge in [0, 0.05) is 18.2 Å². The smallest absolute Gasteiger partial charge is 0.270 e. The first kappa shape index (κ1) is 15.3. The minimum atomic E-state index is -0.472. The summed E-state index contributed by atoms with van der Waals surface area (Å²) in [5.74, 6) is 1.38. The molecule has 1 aromatic rings. The molecule has 2 atom stereocenters. The second-order valence-electron chi connectivity index (χ2n) is 6.11. The lowest BCUT2D eigenvalue weighted by atomic mass is 9.79. The van der Waals surface area contributed by atoms with E-state index in [0.29, 0.717) is 29.1 Å². The van der Waals surface area contributed by atoms with Crippen molar-refractivity contribution >= 4 is 11.4 Å². The Bertz CT molecular complexity index is 563. The van der Waals surface area contributed by atoms with Gasteiger partial charge in [-0.2, -0.15) is 5.26 Å². The van der Waals surface area contributed by atoms with Crippen LogP contribution in [0.4, 0.5) is 11.4 Å². The molecule has 0 saturated heterocycles. The number of hydrogen-bond donors (Lipinski definition) is 1. The van der Waals surface area contributed by atoms with Crippen molar-refractivity contribution in [2.24, 2.45) is 11.8 Å². The number of nitro groups is 1. The van der Waals surface area contributed by atoms with E-state index in [1.165, 1.54) is 25.0 Å². The van der Waals surface area contributed by atoms with Crippen molar-refractivity contribution in [1.29, 1.82) is 5.26 Å². The maximum Gasteiger partial charge on any atom is 0.270 e. The van der Waals surface area contributed by atoms with E-state index in [1.807, 2.05) is 6.07 Å². The van der Waals surface area contributed by atoms with E-state index in [4.69, 9.17) is 0 Å². The molecule has 1 fully saturated rings. The summed E-state index contributed by atoms with van der Waals surface area (Å²) < 4.78 is 0. The summed E-state index contributed by atoms with van der Waals surface area (Å²) in [6.45, 7) is 4.50. The van der Waals surface area contributed by atoms with Crippen molar-refractivity contribution in [1.82, 2.24) is 0 Å². The van der Waals surface area contributed by atoms with Crippen LogP contribution < -0.4 is 5.32 Å². The molecule has 1 aliphatic carbocycles. The molecule has 2 rings (SSSR count). The second kappa shape index (κ2) is 6.57. The van der Waals surface area contributed by atoms with Gasteiger partial charge in [-0.25, -0.2) is 0 Å². The van der Waals surface area contributed by atoms with Crippen LogP contribution in [0.15, 0.2) is 18.2 Å². The average molecular weight is 287 g/mol. The Hall–Kier alpha value is -2.09. The van der Waals surface area contributed by atoms with Crippen molar-refractivity contribution in [2.75, 3.05) is 5.32 Å². The number of benzene rings is 1. The van der Waals surface area contributed by atoms with Gasteiger partial charge in [0.05, 0.1) is 16.2 Å². The molecule has 5 heteroatoms. The van der Waals surface area contributed by atoms with E-state index in [0.717, 1.165) is 12.8 Å². The van der Waals surface area contributed by atoms with Crippen molar-refractivity contribution in [3.05, 3.63) is 33.9 Å². The number of nitrogens with zero attached hydrogens (tertiary/aromatic N) is 2. The lowest BCUT2D eigenvalue weighted by Gasteiger charge is -2.32. The van der Waals surface area contributed by atoms with Crippen LogP contribution in [0.25, 0.3) is 0 Å². The summed E-state index contributed by atoms with van der Waals surface area (Å²) in [6.07, 6.45) is 4.64. The summed E-state index contributed by atoms with van der Waals surface area (Å²) in [4.78, 5) is 10.3. The SMILES string of the molecule is CC(C)C1CCCC(Nc2ccc([N+](=O)[O-])cc2C#N)C1. The molecular formula is C16H21N3O2. The summed E-state index contributed by atoms with van der Waals surface area (Å²) in [5, 5.41) is 23.4. The summed E-state index contributed by atoms with van der Waals surface area (Å²) in [7, 11) is 0. The first-order valence-corrected chi connectivity index (χ1v) is 7.46. The third-order valence-corrected chi connectivity index (χ3v) is 4.35. The van der Waals surface area contributed by atoms with Gasteiger partial charge in [-0.1, -0.05) is 26.7 Å². The lowest BCUT2D eigenvalue weighted by molar-refractivity contribution is -0.384. The van der Waals surface area contributed by atoms with Crippen LogP contribution >= 0.6 is 0 Å². The molecule has 0 radical (unpaired) electrons. The largest absolute Gasteiger partial charge is 0.381 e. The fourth-order valence-electron chi connectivity index (χ4n) is 3.05. The van der Waals surface area contributed by atoms with Crippen LogP contribution in [0.2, 0.25) is 0 Å². The highest BCUT2D eigenvalue weighted by atomic mass is 16.6. The van der Waals surface area contributed by atoms with Gasteiger partial charge in [0.1, 0.15) is 6.07 Å². The highest BCUT2D eigenvalue weighted by molar-refractivity contribution is 5.61. The molecule has 1 saturated carbocycles. The standard InChI is InChI=1S/C16H21N3O2/c1-11(2)12-4-3-5-14(8-12)18-16-7-6-15(19(20)21)9-13(16)10-17/h6-7,9,11-12,14,18H,3-5,8H2,1-2H3. The van der Waals surface area contributed by atoms with Crippen LogP contribution in [0.3, 0.4) is 0 Å². The molecule has 1 aliphatic rings. The highest BCUT2D eigenvalue weighted by Gasteiger charge is 2.24. The zero-order valence-corrected chi connectivity index (χ0v) is 12.5. The van der Waals surface area contributed by atoms with Gasteiger partial charge >= 0.3 is 0 Å². The van der Waals surface area contributed by atoms with Crippen molar-refractivity contribution < 1.29 is 4.92 Å². The normalized spacial score (nSPS) is 21.8. The molecule has 1 N–H and O–H groups in total. The molecule has 0 bridgehead atoms. The summed E-state index contributed by atoms with van der Waals surface area (Å²) in [5.41, 5.74) is 1.01. The van der Waals surface area contributed by atoms with E-state index < -0.39 is 4.92 Å². The quantitative estimate of drug-likeness (QED) is 0.668. The van der Waals surface area contributed by atoms with Gasteiger partial charge in [0.15, 0.2) is 0 Å². The van der Waals surface area contributed by atoms with Crippen LogP contribution in [0.5, 0.6) is 0 Å². The Morgan fingerprint density at radius 1 is 1.43 bits per heavy atom. The summed E-state index contributed by atoms with van der Waals surface area (Å²) in [6, 6.07) is 6.83. The third kappa shape index (κ3) is 3.72. The Morgan fingerprint density at radius 3 is 2.81 bits per heavy atom. The molecule has 0 amide bonds. The Balaban J connectivity index is 2.12. The molecule has 0 spiro atoms. The van der Waals surface area contributed by atoms with Gasteiger partial charge in [-0.3, -0.25) is 10.1 Å². The molecule has 1 aromatic carbocycles. The minimum absolute atomic E-state index is 0.0409. The number of anilines is 1. The summed E-state index contributed by atoms with van der Waals surface area (Å²) >= 11 is 0. The fraction of sp³-hybridized carbons (Fsp3) is 0.562. The monoisotopic (exact) mass is 287 g/mol. The molecule has 0 heterocycles. The number of non-ortho nitro benzene ring substituents is 1. The average Bonchev–Trinajstić information content (AvgIpc) is 2.47. The van der Waals surface area contributed by atoms with Gasteiger partial charge in [0.25, 0.3) is 5.69 Å². The molecule has 5 nitrogen and oxygen atoms in total. The van der Waals surface area contributed by atoms with Crippen LogP contribution in [-0.4, -0.2) is 11.0 Å². The van der Waals surface area contributed by atoms with Crippen LogP contribution in [0.1, 0.15) is 45.1 Å². The maximum absolute atomic E-state index is 10.8. The molecule has 0 aliphatic heterocycles. The number of nitriles is 1. The van der Waals surface area contributed by atoms with Gasteiger partial charge in [0.2, 0.25) is 0 Å². The molecule has 112 valence electrons. The van der Waals surface area contributed by atoms with Gasteiger partial charge < -0.3 is 5.32 Å². The predicted octanol–water partition coefficient (Wildman–Crippen LogP) is 4.09. The minimum Gasteiger partial charge on any atom is -0.381 e. The molecule has 0 aromatic heterocycles. The Kier molecular flexibility index (Phi) is 4.79. The first-order valence-electron chi connectivity index (χ1n) is 7.46. The Labute approximate surface area is 125 Å². The maximum atomic E-state index is 10.8. The predicted molar refractivity (Wildman–Crippen MR) is 82.0 cm³/mol. The Morgan fingerprint density at radius 2 is 2.19 bits per heavy atom. The van der Waals surface area contributed by atoms with Crippen molar-refractivity contribution in [3.8, 4) is 6.07 Å². The van der Waals surface area contributed by atoms with E-state index in [1.54, 1.807) is 6.07 Å². The fourth-order valence-corrected chi connectivity index (χ4v) is 3.05. The zero-order valence-electron chi connectivity index (χ0n) is 12.5. The topological polar surface area (TPSA) is 79.0 Å². The van der Waals surface area contributed by atoms with Crippen LogP contribution in [-0.2, 0) is 0 Å². The van der Waals surface area contributed by atoms with E-state index in [-0.39, 0.29) is 5.69 Å². The van der Waals surface area contributed by atoms with E-state index in [9.17, 15) is 15.4 Å². The number of rotatable bonds is 4. The van der Waals surface area contributed by atoms with E-state index >= 15 is 0 Å². The van der Waals surface area contributed by atoms with Crippen molar-refractivity contribution in [2.45, 2.75) is 45.6 Å². The number of hydrogen-bond acceptors (Lipinski definition) is 4.